The Balaban J connectivity index is 2.69. The molecular weight excluding hydrogens is 202 g/mol. The normalized spacial score (nSPS) is 13.1. The number of rotatable bonds is 5. The van der Waals surface area contributed by atoms with Crippen molar-refractivity contribution in [1.82, 2.24) is 4.90 Å². The van der Waals surface area contributed by atoms with Crippen molar-refractivity contribution < 1.29 is 10.2 Å². The Morgan fingerprint density at radius 1 is 1.31 bits per heavy atom. The molecule has 0 aliphatic rings. The number of hydrogen-bond donors (Lipinski definition) is 2. The molecule has 0 bridgehead atoms. The zero-order valence-electron chi connectivity index (χ0n) is 10.3. The van der Waals surface area contributed by atoms with Gasteiger partial charge < -0.3 is 15.1 Å². The van der Waals surface area contributed by atoms with Crippen LogP contribution in [0.15, 0.2) is 18.2 Å². The minimum absolute atomic E-state index is 0.121. The third kappa shape index (κ3) is 3.59. The summed E-state index contributed by atoms with van der Waals surface area (Å²) in [5, 5.41) is 18.9. The first-order valence-electron chi connectivity index (χ1n) is 5.59. The predicted octanol–water partition coefficient (Wildman–Crippen LogP) is 1.26. The molecule has 0 saturated carbocycles. The first kappa shape index (κ1) is 13.2. The molecule has 1 atom stereocenters. The molecule has 0 aliphatic heterocycles. The number of likely N-dealkylation sites (N-methyl/N-ethyl adjacent to an activating group) is 1. The van der Waals surface area contributed by atoms with Crippen molar-refractivity contribution in [3.63, 3.8) is 0 Å². The summed E-state index contributed by atoms with van der Waals surface area (Å²) in [6.07, 6.45) is -0.489. The van der Waals surface area contributed by atoms with Gasteiger partial charge in [0, 0.05) is 13.1 Å². The van der Waals surface area contributed by atoms with Crippen molar-refractivity contribution in [2.75, 3.05) is 26.7 Å². The molecule has 0 heterocycles. The zero-order chi connectivity index (χ0) is 12.1. The van der Waals surface area contributed by atoms with Crippen LogP contribution in [0, 0.1) is 13.8 Å². The maximum atomic E-state index is 10.1. The lowest BCUT2D eigenvalue weighted by Crippen LogP contribution is -2.27. The van der Waals surface area contributed by atoms with Crippen molar-refractivity contribution in [3.05, 3.63) is 34.9 Å². The van der Waals surface area contributed by atoms with Crippen LogP contribution in [0.3, 0.4) is 0 Å². The summed E-state index contributed by atoms with van der Waals surface area (Å²) in [6.45, 7) is 5.31. The Hall–Kier alpha value is -0.900. The molecule has 3 nitrogen and oxygen atoms in total. The van der Waals surface area contributed by atoms with Crippen molar-refractivity contribution >= 4 is 0 Å². The molecule has 0 spiro atoms. The molecule has 0 fully saturated rings. The van der Waals surface area contributed by atoms with Gasteiger partial charge in [-0.2, -0.15) is 0 Å². The molecule has 1 aromatic rings. The van der Waals surface area contributed by atoms with Crippen LogP contribution in [-0.4, -0.2) is 41.9 Å². The summed E-state index contributed by atoms with van der Waals surface area (Å²) < 4.78 is 0. The number of aliphatic hydroxyl groups excluding tert-OH is 2. The molecule has 0 radical (unpaired) electrons. The lowest BCUT2D eigenvalue weighted by Gasteiger charge is -2.21. The summed E-state index contributed by atoms with van der Waals surface area (Å²) in [5.41, 5.74) is 3.29. The number of aliphatic hydroxyl groups is 2. The monoisotopic (exact) mass is 223 g/mol. The highest BCUT2D eigenvalue weighted by molar-refractivity contribution is 5.32. The maximum absolute atomic E-state index is 10.1. The van der Waals surface area contributed by atoms with Crippen molar-refractivity contribution in [2.24, 2.45) is 0 Å². The number of hydrogen-bond acceptors (Lipinski definition) is 3. The fourth-order valence-electron chi connectivity index (χ4n) is 1.86. The standard InChI is InChI=1S/C13H21NO2/c1-10-4-5-12(11(2)8-10)13(16)9-14(3)6-7-15/h4-5,8,13,15-16H,6-7,9H2,1-3H3. The molecule has 0 amide bonds. The number of nitrogens with zero attached hydrogens (tertiary/aromatic N) is 1. The highest BCUT2D eigenvalue weighted by Crippen LogP contribution is 2.19. The summed E-state index contributed by atoms with van der Waals surface area (Å²) in [6, 6.07) is 6.06. The molecular formula is C13H21NO2. The van der Waals surface area contributed by atoms with Crippen LogP contribution in [0.2, 0.25) is 0 Å². The van der Waals surface area contributed by atoms with Gasteiger partial charge in [-0.1, -0.05) is 23.8 Å². The Morgan fingerprint density at radius 2 is 2.00 bits per heavy atom. The van der Waals surface area contributed by atoms with Gasteiger partial charge in [0.25, 0.3) is 0 Å². The van der Waals surface area contributed by atoms with Gasteiger partial charge in [-0.15, -0.1) is 0 Å². The minimum Gasteiger partial charge on any atom is -0.395 e. The Morgan fingerprint density at radius 3 is 2.56 bits per heavy atom. The minimum atomic E-state index is -0.489. The molecule has 0 saturated heterocycles. The van der Waals surface area contributed by atoms with E-state index in [0.717, 1.165) is 11.1 Å². The van der Waals surface area contributed by atoms with Crippen LogP contribution in [0.25, 0.3) is 0 Å². The van der Waals surface area contributed by atoms with Crippen LogP contribution >= 0.6 is 0 Å². The summed E-state index contributed by atoms with van der Waals surface area (Å²) in [5.74, 6) is 0. The van der Waals surface area contributed by atoms with E-state index in [0.29, 0.717) is 13.1 Å². The quantitative estimate of drug-likeness (QED) is 0.790. The van der Waals surface area contributed by atoms with Gasteiger partial charge in [0.1, 0.15) is 0 Å². The number of benzene rings is 1. The van der Waals surface area contributed by atoms with Gasteiger partial charge >= 0.3 is 0 Å². The van der Waals surface area contributed by atoms with E-state index in [2.05, 4.69) is 6.07 Å². The first-order chi connectivity index (χ1) is 7.54. The van der Waals surface area contributed by atoms with Crippen LogP contribution < -0.4 is 0 Å². The van der Waals surface area contributed by atoms with Crippen LogP contribution in [0.1, 0.15) is 22.8 Å². The van der Waals surface area contributed by atoms with Gasteiger partial charge in [-0.25, -0.2) is 0 Å². The fourth-order valence-corrected chi connectivity index (χ4v) is 1.86. The molecule has 1 aromatic carbocycles. The molecule has 90 valence electrons. The smallest absolute Gasteiger partial charge is 0.0919 e. The van der Waals surface area contributed by atoms with E-state index in [-0.39, 0.29) is 6.61 Å². The molecule has 1 unspecified atom stereocenters. The fraction of sp³-hybridized carbons (Fsp3) is 0.538. The Labute approximate surface area is 97.3 Å². The van der Waals surface area contributed by atoms with Crippen molar-refractivity contribution in [3.8, 4) is 0 Å². The average Bonchev–Trinajstić information content (AvgIpc) is 2.17. The largest absolute Gasteiger partial charge is 0.395 e. The van der Waals surface area contributed by atoms with Gasteiger partial charge in [-0.3, -0.25) is 0 Å². The SMILES string of the molecule is Cc1ccc(C(O)CN(C)CCO)c(C)c1. The third-order valence-electron chi connectivity index (χ3n) is 2.75. The molecule has 16 heavy (non-hydrogen) atoms. The van der Waals surface area contributed by atoms with Gasteiger partial charge in [-0.05, 0) is 32.0 Å². The molecule has 1 rings (SSSR count). The first-order valence-corrected chi connectivity index (χ1v) is 5.59. The van der Waals surface area contributed by atoms with E-state index < -0.39 is 6.10 Å². The Bertz CT molecular complexity index is 339. The molecule has 0 aromatic heterocycles. The summed E-state index contributed by atoms with van der Waals surface area (Å²) in [4.78, 5) is 1.92. The highest BCUT2D eigenvalue weighted by atomic mass is 16.3. The van der Waals surface area contributed by atoms with E-state index >= 15 is 0 Å². The Kier molecular flexibility index (Phi) is 4.93. The van der Waals surface area contributed by atoms with E-state index in [1.165, 1.54) is 5.56 Å². The van der Waals surface area contributed by atoms with E-state index in [4.69, 9.17) is 5.11 Å². The molecule has 0 aliphatic carbocycles. The van der Waals surface area contributed by atoms with Crippen molar-refractivity contribution in [1.29, 1.82) is 0 Å². The van der Waals surface area contributed by atoms with E-state index in [1.54, 1.807) is 0 Å². The maximum Gasteiger partial charge on any atom is 0.0919 e. The average molecular weight is 223 g/mol. The van der Waals surface area contributed by atoms with Crippen LogP contribution in [0.4, 0.5) is 0 Å². The zero-order valence-corrected chi connectivity index (χ0v) is 10.3. The highest BCUT2D eigenvalue weighted by Gasteiger charge is 2.12. The van der Waals surface area contributed by atoms with Gasteiger partial charge in [0.15, 0.2) is 0 Å². The third-order valence-corrected chi connectivity index (χ3v) is 2.75. The second-order valence-corrected chi connectivity index (χ2v) is 4.36. The van der Waals surface area contributed by atoms with Crippen LogP contribution in [-0.2, 0) is 0 Å². The van der Waals surface area contributed by atoms with Crippen molar-refractivity contribution in [2.45, 2.75) is 20.0 Å². The molecule has 2 N–H and O–H groups in total. The lowest BCUT2D eigenvalue weighted by molar-refractivity contribution is 0.114. The number of aryl methyl sites for hydroxylation is 2. The topological polar surface area (TPSA) is 43.7 Å². The second kappa shape index (κ2) is 5.99. The lowest BCUT2D eigenvalue weighted by atomic mass is 10.0. The second-order valence-electron chi connectivity index (χ2n) is 4.36. The van der Waals surface area contributed by atoms with E-state index in [1.807, 2.05) is 37.9 Å². The van der Waals surface area contributed by atoms with Crippen LogP contribution in [0.5, 0.6) is 0 Å². The van der Waals surface area contributed by atoms with Gasteiger partial charge in [0.2, 0.25) is 0 Å². The van der Waals surface area contributed by atoms with Gasteiger partial charge in [0.05, 0.1) is 12.7 Å². The summed E-state index contributed by atoms with van der Waals surface area (Å²) in [7, 11) is 1.89. The molecule has 3 heteroatoms. The van der Waals surface area contributed by atoms with E-state index in [9.17, 15) is 5.11 Å². The summed E-state index contributed by atoms with van der Waals surface area (Å²) >= 11 is 0. The predicted molar refractivity (Wildman–Crippen MR) is 65.5 cm³/mol.